The minimum absolute atomic E-state index is 0.279. The first kappa shape index (κ1) is 19.7. The number of amides is 1. The van der Waals surface area contributed by atoms with E-state index in [4.69, 9.17) is 11.6 Å². The van der Waals surface area contributed by atoms with Crippen LogP contribution in [0.2, 0.25) is 5.02 Å². The minimum Gasteiger partial charge on any atom is -0.356 e. The number of piperazine rings is 1. The Morgan fingerprint density at radius 2 is 1.88 bits per heavy atom. The Morgan fingerprint density at radius 1 is 1.19 bits per heavy atom. The third-order valence-electron chi connectivity index (χ3n) is 5.99. The first-order chi connectivity index (χ1) is 12.6. The zero-order valence-electron chi connectivity index (χ0n) is 15.9. The van der Waals surface area contributed by atoms with Crippen LogP contribution in [0, 0.1) is 5.92 Å². The van der Waals surface area contributed by atoms with Crippen molar-refractivity contribution >= 4 is 17.5 Å². The van der Waals surface area contributed by atoms with Gasteiger partial charge < -0.3 is 10.2 Å². The van der Waals surface area contributed by atoms with Crippen LogP contribution in [-0.4, -0.2) is 55.0 Å². The van der Waals surface area contributed by atoms with E-state index in [1.807, 2.05) is 12.1 Å². The molecule has 1 atom stereocenters. The van der Waals surface area contributed by atoms with Gasteiger partial charge >= 0.3 is 0 Å². The van der Waals surface area contributed by atoms with E-state index in [1.165, 1.54) is 18.4 Å². The number of nitrogens with one attached hydrogen (secondary N) is 1. The van der Waals surface area contributed by atoms with Gasteiger partial charge in [0.2, 0.25) is 5.91 Å². The fraction of sp³-hybridized carbons (Fsp3) is 0.667. The number of benzene rings is 1. The van der Waals surface area contributed by atoms with Crippen molar-refractivity contribution in [2.24, 2.45) is 5.92 Å². The molecule has 0 radical (unpaired) electrons. The van der Waals surface area contributed by atoms with Gasteiger partial charge in [0.25, 0.3) is 0 Å². The molecule has 5 heteroatoms. The van der Waals surface area contributed by atoms with Gasteiger partial charge in [0.05, 0.1) is 0 Å². The SMILES string of the molecule is CC(c1ccccc1Cl)N1CCN(CCCNC(=O)C2CCCC2)CC1. The van der Waals surface area contributed by atoms with E-state index in [0.29, 0.717) is 6.04 Å². The highest BCUT2D eigenvalue weighted by molar-refractivity contribution is 6.31. The van der Waals surface area contributed by atoms with Crippen LogP contribution >= 0.6 is 11.6 Å². The van der Waals surface area contributed by atoms with Crippen LogP contribution in [0.15, 0.2) is 24.3 Å². The lowest BCUT2D eigenvalue weighted by Gasteiger charge is -2.38. The largest absolute Gasteiger partial charge is 0.356 e. The Bertz CT molecular complexity index is 580. The molecule has 1 unspecified atom stereocenters. The molecule has 2 fully saturated rings. The molecule has 1 aliphatic carbocycles. The summed E-state index contributed by atoms with van der Waals surface area (Å²) in [5.74, 6) is 0.561. The van der Waals surface area contributed by atoms with E-state index in [9.17, 15) is 4.79 Å². The summed E-state index contributed by atoms with van der Waals surface area (Å²) in [5, 5.41) is 3.99. The smallest absolute Gasteiger partial charge is 0.223 e. The second-order valence-corrected chi connectivity index (χ2v) is 8.11. The van der Waals surface area contributed by atoms with Gasteiger partial charge in [0.15, 0.2) is 0 Å². The minimum atomic E-state index is 0.279. The summed E-state index contributed by atoms with van der Waals surface area (Å²) in [7, 11) is 0. The lowest BCUT2D eigenvalue weighted by molar-refractivity contribution is -0.124. The quantitative estimate of drug-likeness (QED) is 0.735. The van der Waals surface area contributed by atoms with E-state index < -0.39 is 0 Å². The van der Waals surface area contributed by atoms with Gasteiger partial charge in [0.1, 0.15) is 0 Å². The normalized spacial score (nSPS) is 21.0. The van der Waals surface area contributed by atoms with Crippen LogP contribution in [0.25, 0.3) is 0 Å². The summed E-state index contributed by atoms with van der Waals surface area (Å²) in [4.78, 5) is 17.1. The first-order valence-electron chi connectivity index (χ1n) is 10.1. The van der Waals surface area contributed by atoms with Crippen molar-refractivity contribution in [2.45, 2.75) is 45.1 Å². The van der Waals surface area contributed by atoms with Crippen LogP contribution in [0.3, 0.4) is 0 Å². The molecule has 1 aliphatic heterocycles. The zero-order chi connectivity index (χ0) is 18.4. The van der Waals surface area contributed by atoms with Gasteiger partial charge in [-0.15, -0.1) is 0 Å². The highest BCUT2D eigenvalue weighted by atomic mass is 35.5. The van der Waals surface area contributed by atoms with E-state index >= 15 is 0 Å². The third kappa shape index (κ3) is 5.21. The molecule has 1 heterocycles. The molecular weight excluding hydrogens is 346 g/mol. The summed E-state index contributed by atoms with van der Waals surface area (Å²) in [6.45, 7) is 8.44. The number of hydrogen-bond donors (Lipinski definition) is 1. The van der Waals surface area contributed by atoms with Crippen LogP contribution in [0.4, 0.5) is 0 Å². The molecule has 26 heavy (non-hydrogen) atoms. The average molecular weight is 378 g/mol. The highest BCUT2D eigenvalue weighted by Gasteiger charge is 2.24. The van der Waals surface area contributed by atoms with E-state index in [-0.39, 0.29) is 11.8 Å². The molecule has 1 saturated carbocycles. The van der Waals surface area contributed by atoms with Crippen molar-refractivity contribution in [2.75, 3.05) is 39.3 Å². The predicted molar refractivity (Wildman–Crippen MR) is 107 cm³/mol. The summed E-state index contributed by atoms with van der Waals surface area (Å²) < 4.78 is 0. The molecule has 4 nitrogen and oxygen atoms in total. The Balaban J connectivity index is 1.33. The fourth-order valence-electron chi connectivity index (χ4n) is 4.23. The molecule has 1 saturated heterocycles. The summed E-state index contributed by atoms with van der Waals surface area (Å²) in [6.07, 6.45) is 5.64. The molecule has 1 amide bonds. The van der Waals surface area contributed by atoms with Crippen LogP contribution in [0.1, 0.15) is 50.6 Å². The zero-order valence-corrected chi connectivity index (χ0v) is 16.7. The third-order valence-corrected chi connectivity index (χ3v) is 6.33. The number of nitrogens with zero attached hydrogens (tertiary/aromatic N) is 2. The van der Waals surface area contributed by atoms with Crippen LogP contribution in [0.5, 0.6) is 0 Å². The van der Waals surface area contributed by atoms with E-state index in [0.717, 1.165) is 63.6 Å². The van der Waals surface area contributed by atoms with Crippen molar-refractivity contribution in [3.63, 3.8) is 0 Å². The summed E-state index contributed by atoms with van der Waals surface area (Å²) in [6, 6.07) is 8.52. The van der Waals surface area contributed by atoms with Gasteiger partial charge in [-0.05, 0) is 44.4 Å². The molecular formula is C21H32ClN3O. The van der Waals surface area contributed by atoms with Crippen molar-refractivity contribution in [3.05, 3.63) is 34.9 Å². The Morgan fingerprint density at radius 3 is 2.58 bits per heavy atom. The van der Waals surface area contributed by atoms with Crippen LogP contribution < -0.4 is 5.32 Å². The lowest BCUT2D eigenvalue weighted by atomic mass is 10.1. The molecule has 144 valence electrons. The maximum absolute atomic E-state index is 12.0. The molecule has 1 aromatic carbocycles. The maximum Gasteiger partial charge on any atom is 0.223 e. The standard InChI is InChI=1S/C21H32ClN3O/c1-17(19-9-4-5-10-20(19)22)25-15-13-24(14-16-25)12-6-11-23-21(26)18-7-2-3-8-18/h4-5,9-10,17-18H,2-3,6-8,11-16H2,1H3,(H,23,26). The molecule has 0 bridgehead atoms. The monoisotopic (exact) mass is 377 g/mol. The Labute approximate surface area is 162 Å². The number of carbonyl (C=O) groups excluding carboxylic acids is 1. The molecule has 1 N–H and O–H groups in total. The second kappa shape index (κ2) is 9.72. The van der Waals surface area contributed by atoms with Gasteiger partial charge in [-0.3, -0.25) is 9.69 Å². The summed E-state index contributed by atoms with van der Waals surface area (Å²) >= 11 is 6.35. The van der Waals surface area contributed by atoms with Crippen molar-refractivity contribution < 1.29 is 4.79 Å². The predicted octanol–water partition coefficient (Wildman–Crippen LogP) is 3.72. The van der Waals surface area contributed by atoms with E-state index in [1.54, 1.807) is 0 Å². The highest BCUT2D eigenvalue weighted by Crippen LogP contribution is 2.28. The summed E-state index contributed by atoms with van der Waals surface area (Å²) in [5.41, 5.74) is 1.22. The number of halogens is 1. The Kier molecular flexibility index (Phi) is 7.35. The van der Waals surface area contributed by atoms with Gasteiger partial charge in [0, 0.05) is 49.7 Å². The van der Waals surface area contributed by atoms with E-state index in [2.05, 4.69) is 34.2 Å². The lowest BCUT2D eigenvalue weighted by Crippen LogP contribution is -2.47. The Hall–Kier alpha value is -1.10. The van der Waals surface area contributed by atoms with Gasteiger partial charge in [-0.1, -0.05) is 42.6 Å². The number of rotatable bonds is 7. The average Bonchev–Trinajstić information content (AvgIpc) is 3.20. The maximum atomic E-state index is 12.0. The number of hydrogen-bond acceptors (Lipinski definition) is 3. The second-order valence-electron chi connectivity index (χ2n) is 7.70. The molecule has 3 rings (SSSR count). The number of carbonyl (C=O) groups is 1. The van der Waals surface area contributed by atoms with Crippen molar-refractivity contribution in [1.82, 2.24) is 15.1 Å². The van der Waals surface area contributed by atoms with Crippen LogP contribution in [-0.2, 0) is 4.79 Å². The topological polar surface area (TPSA) is 35.6 Å². The fourth-order valence-corrected chi connectivity index (χ4v) is 4.53. The molecule has 0 aromatic heterocycles. The van der Waals surface area contributed by atoms with Crippen molar-refractivity contribution in [1.29, 1.82) is 0 Å². The molecule has 0 spiro atoms. The molecule has 1 aromatic rings. The van der Waals surface area contributed by atoms with Crippen molar-refractivity contribution in [3.8, 4) is 0 Å². The van der Waals surface area contributed by atoms with Gasteiger partial charge in [-0.25, -0.2) is 0 Å². The molecule has 2 aliphatic rings. The van der Waals surface area contributed by atoms with Gasteiger partial charge in [-0.2, -0.15) is 0 Å². The first-order valence-corrected chi connectivity index (χ1v) is 10.5.